The predicted molar refractivity (Wildman–Crippen MR) is 82.7 cm³/mol. The van der Waals surface area contributed by atoms with Crippen LogP contribution >= 0.6 is 0 Å². The Balaban J connectivity index is 1.73. The zero-order chi connectivity index (χ0) is 18.4. The van der Waals surface area contributed by atoms with E-state index in [1.165, 1.54) is 0 Å². The Hall–Kier alpha value is -0.370. The van der Waals surface area contributed by atoms with Gasteiger partial charge in [0.15, 0.2) is 0 Å². The summed E-state index contributed by atoms with van der Waals surface area (Å²) in [5.74, 6) is 1.12. The van der Waals surface area contributed by atoms with E-state index in [1.807, 2.05) is 0 Å². The standard InChI is InChI=1S/C19H30O2/c1-18-9-7-13(20)11-12(18)3-4-14-15-5-6-17(21)19(15,2)10-8-16(14)18/h12-16,20H,3-11H2,1-2H3/t12-,13-,14-,15-,16-,18-,19-/m0/s1/i7D2,11D2. The first-order chi connectivity index (χ1) is 11.4. The van der Waals surface area contributed by atoms with Gasteiger partial charge in [-0.05, 0) is 80.4 Å². The second-order valence-electron chi connectivity index (χ2n) is 8.38. The number of carbonyl (C=O) groups excluding carboxylic acids is 1. The van der Waals surface area contributed by atoms with Crippen LogP contribution in [0.1, 0.15) is 77.0 Å². The molecule has 0 spiro atoms. The van der Waals surface area contributed by atoms with Crippen LogP contribution in [-0.4, -0.2) is 17.0 Å². The van der Waals surface area contributed by atoms with Gasteiger partial charge >= 0.3 is 0 Å². The molecule has 0 amide bonds. The summed E-state index contributed by atoms with van der Waals surface area (Å²) < 4.78 is 33.5. The van der Waals surface area contributed by atoms with E-state index < -0.39 is 24.3 Å². The molecule has 4 aliphatic rings. The van der Waals surface area contributed by atoms with E-state index in [2.05, 4.69) is 13.8 Å². The number of hydrogen-bond donors (Lipinski definition) is 1. The molecular formula is C19H30O2. The first-order valence-corrected chi connectivity index (χ1v) is 8.66. The Morgan fingerprint density at radius 2 is 1.95 bits per heavy atom. The first kappa shape index (κ1) is 10.4. The van der Waals surface area contributed by atoms with Crippen molar-refractivity contribution < 1.29 is 15.4 Å². The maximum atomic E-state index is 12.5. The normalized spacial score (nSPS) is 64.1. The average Bonchev–Trinajstić information content (AvgIpc) is 2.80. The topological polar surface area (TPSA) is 37.3 Å². The van der Waals surface area contributed by atoms with Crippen molar-refractivity contribution in [3.05, 3.63) is 0 Å². The van der Waals surface area contributed by atoms with Gasteiger partial charge in [-0.3, -0.25) is 4.79 Å². The molecule has 4 saturated carbocycles. The molecule has 4 aliphatic carbocycles. The summed E-state index contributed by atoms with van der Waals surface area (Å²) in [6.07, 6.45) is -0.165. The first-order valence-electron chi connectivity index (χ1n) is 10.7. The highest BCUT2D eigenvalue weighted by atomic mass is 16.3. The summed E-state index contributed by atoms with van der Waals surface area (Å²) in [7, 11) is 0. The molecular weight excluding hydrogens is 260 g/mol. The molecule has 2 nitrogen and oxygen atoms in total. The molecule has 0 aromatic carbocycles. The van der Waals surface area contributed by atoms with Crippen molar-refractivity contribution in [2.24, 2.45) is 34.5 Å². The molecule has 4 fully saturated rings. The molecule has 1 N–H and O–H groups in total. The van der Waals surface area contributed by atoms with Crippen LogP contribution in [0.5, 0.6) is 0 Å². The summed E-state index contributed by atoms with van der Waals surface area (Å²) >= 11 is 0. The van der Waals surface area contributed by atoms with Crippen LogP contribution in [0.25, 0.3) is 0 Å². The van der Waals surface area contributed by atoms with Crippen molar-refractivity contribution in [1.29, 1.82) is 0 Å². The van der Waals surface area contributed by atoms with Crippen LogP contribution in [0.15, 0.2) is 0 Å². The largest absolute Gasteiger partial charge is 0.393 e. The molecule has 2 heteroatoms. The SMILES string of the molecule is [2H]C1([2H])C[C@]2(C)[C@H]3CC[C@]4(C)C(=O)CC[C@H]4[C@@H]3CC[C@H]2C([2H])([2H])[C@H]1O. The highest BCUT2D eigenvalue weighted by Gasteiger charge is 2.60. The van der Waals surface area contributed by atoms with Crippen molar-refractivity contribution in [3.8, 4) is 0 Å². The van der Waals surface area contributed by atoms with Gasteiger partial charge in [0.1, 0.15) is 5.78 Å². The average molecular weight is 294 g/mol. The molecule has 0 aromatic rings. The number of hydrogen-bond acceptors (Lipinski definition) is 2. The Labute approximate surface area is 134 Å². The summed E-state index contributed by atoms with van der Waals surface area (Å²) in [5, 5.41) is 10.3. The van der Waals surface area contributed by atoms with E-state index in [-0.39, 0.29) is 23.7 Å². The van der Waals surface area contributed by atoms with E-state index in [0.29, 0.717) is 30.5 Å². The van der Waals surface area contributed by atoms with Crippen LogP contribution in [0, 0.1) is 34.5 Å². The van der Waals surface area contributed by atoms with Crippen LogP contribution in [0.3, 0.4) is 0 Å². The van der Waals surface area contributed by atoms with Crippen molar-refractivity contribution in [2.75, 3.05) is 0 Å². The molecule has 0 aromatic heterocycles. The molecule has 0 bridgehead atoms. The van der Waals surface area contributed by atoms with Gasteiger partial charge in [0.25, 0.3) is 0 Å². The smallest absolute Gasteiger partial charge is 0.139 e. The molecule has 0 radical (unpaired) electrons. The fourth-order valence-electron chi connectivity index (χ4n) is 6.32. The lowest BCUT2D eigenvalue weighted by atomic mass is 9.45. The quantitative estimate of drug-likeness (QED) is 0.734. The number of carbonyl (C=O) groups is 1. The third kappa shape index (κ3) is 1.84. The van der Waals surface area contributed by atoms with Crippen molar-refractivity contribution in [1.82, 2.24) is 0 Å². The van der Waals surface area contributed by atoms with E-state index in [0.717, 1.165) is 25.7 Å². The highest BCUT2D eigenvalue weighted by Crippen LogP contribution is 2.65. The van der Waals surface area contributed by atoms with Crippen LogP contribution in [-0.2, 0) is 4.79 Å². The van der Waals surface area contributed by atoms with Gasteiger partial charge in [-0.25, -0.2) is 0 Å². The summed E-state index contributed by atoms with van der Waals surface area (Å²) in [4.78, 5) is 12.5. The Morgan fingerprint density at radius 1 is 1.14 bits per heavy atom. The number of rotatable bonds is 0. The molecule has 7 atom stereocenters. The van der Waals surface area contributed by atoms with Crippen molar-refractivity contribution in [3.63, 3.8) is 0 Å². The van der Waals surface area contributed by atoms with Gasteiger partial charge in [-0.2, -0.15) is 0 Å². The van der Waals surface area contributed by atoms with Crippen LogP contribution in [0.2, 0.25) is 0 Å². The van der Waals surface area contributed by atoms with E-state index in [9.17, 15) is 9.90 Å². The van der Waals surface area contributed by atoms with E-state index in [4.69, 9.17) is 5.48 Å². The second-order valence-corrected chi connectivity index (χ2v) is 8.38. The van der Waals surface area contributed by atoms with Crippen LogP contribution < -0.4 is 0 Å². The summed E-state index contributed by atoms with van der Waals surface area (Å²) in [5.41, 5.74) is -0.654. The summed E-state index contributed by atoms with van der Waals surface area (Å²) in [6.45, 7) is 4.19. The van der Waals surface area contributed by atoms with Crippen LogP contribution in [0.4, 0.5) is 0 Å². The molecule has 21 heavy (non-hydrogen) atoms. The van der Waals surface area contributed by atoms with E-state index >= 15 is 0 Å². The number of ketones is 1. The number of aliphatic hydroxyl groups excluding tert-OH is 1. The van der Waals surface area contributed by atoms with Gasteiger partial charge in [0, 0.05) is 17.3 Å². The number of aliphatic hydroxyl groups is 1. The maximum absolute atomic E-state index is 12.5. The lowest BCUT2D eigenvalue weighted by Crippen LogP contribution is -2.54. The lowest BCUT2D eigenvalue weighted by molar-refractivity contribution is -0.142. The minimum Gasteiger partial charge on any atom is -0.393 e. The molecule has 0 heterocycles. The monoisotopic (exact) mass is 294 g/mol. The third-order valence-corrected chi connectivity index (χ3v) is 7.61. The number of Topliss-reactive ketones (excluding diaryl/α,β-unsaturated/α-hetero) is 1. The van der Waals surface area contributed by atoms with Gasteiger partial charge in [-0.15, -0.1) is 0 Å². The molecule has 4 rings (SSSR count). The molecule has 0 unspecified atom stereocenters. The summed E-state index contributed by atoms with van der Waals surface area (Å²) in [6, 6.07) is 0. The van der Waals surface area contributed by atoms with Crippen molar-refractivity contribution >= 4 is 5.78 Å². The fourth-order valence-corrected chi connectivity index (χ4v) is 6.32. The van der Waals surface area contributed by atoms with Gasteiger partial charge in [0.2, 0.25) is 0 Å². The molecule has 118 valence electrons. The Kier molecular flexibility index (Phi) is 2.26. The Bertz CT molecular complexity index is 606. The molecule has 0 saturated heterocycles. The Morgan fingerprint density at radius 3 is 2.76 bits per heavy atom. The van der Waals surface area contributed by atoms with Gasteiger partial charge < -0.3 is 5.11 Å². The molecule has 0 aliphatic heterocycles. The van der Waals surface area contributed by atoms with E-state index in [1.54, 1.807) is 0 Å². The zero-order valence-corrected chi connectivity index (χ0v) is 13.2. The predicted octanol–water partition coefficient (Wildman–Crippen LogP) is 3.96. The fraction of sp³-hybridized carbons (Fsp3) is 0.947. The third-order valence-electron chi connectivity index (χ3n) is 7.61. The van der Waals surface area contributed by atoms with Gasteiger partial charge in [0.05, 0.1) is 6.10 Å². The number of fused-ring (bicyclic) bond motifs is 5. The lowest BCUT2D eigenvalue weighted by Gasteiger charge is -2.60. The second kappa shape index (κ2) is 4.57. The minimum atomic E-state index is -1.90. The van der Waals surface area contributed by atoms with Gasteiger partial charge in [-0.1, -0.05) is 13.8 Å². The minimum absolute atomic E-state index is 0.212. The maximum Gasteiger partial charge on any atom is 0.139 e. The van der Waals surface area contributed by atoms with Crippen molar-refractivity contribution in [2.45, 2.75) is 77.6 Å². The zero-order valence-electron chi connectivity index (χ0n) is 17.2. The highest BCUT2D eigenvalue weighted by molar-refractivity contribution is 5.87.